The zero-order valence-electron chi connectivity index (χ0n) is 36.2. The second-order valence-corrected chi connectivity index (χ2v) is 17.5. The topological polar surface area (TPSA) is 90.0 Å². The highest BCUT2D eigenvalue weighted by Gasteiger charge is 2.38. The van der Waals surface area contributed by atoms with Gasteiger partial charge in [0.1, 0.15) is 24.1 Å². The molecule has 63 heavy (non-hydrogen) atoms. The SMILES string of the molecule is CCC(c1ccccc1)N1Cc2cc3c(cc2C[C@H]1C(=O)N[C@@H](Cc1ccc(-c2ccnc(C)c2C)cc1)C(=O)OC)OCC[C@@H](c1ccc(OCc2ccc(Cl)c(Cl)c2)cc1)C3. The van der Waals surface area contributed by atoms with Crippen molar-refractivity contribution in [3.8, 4) is 22.6 Å². The minimum absolute atomic E-state index is 0.0280. The number of benzene rings is 5. The van der Waals surface area contributed by atoms with Crippen LogP contribution in [0.1, 0.15) is 81.9 Å². The van der Waals surface area contributed by atoms with Gasteiger partial charge in [0.2, 0.25) is 5.91 Å². The number of fused-ring (bicyclic) bond motifs is 2. The molecule has 0 aliphatic carbocycles. The van der Waals surface area contributed by atoms with Crippen molar-refractivity contribution in [2.24, 2.45) is 0 Å². The van der Waals surface area contributed by atoms with E-state index >= 15 is 0 Å². The Morgan fingerprint density at radius 2 is 1.62 bits per heavy atom. The molecule has 1 amide bonds. The summed E-state index contributed by atoms with van der Waals surface area (Å²) in [5.41, 5.74) is 12.0. The van der Waals surface area contributed by atoms with Crippen molar-refractivity contribution >= 4 is 35.1 Å². The second kappa shape index (κ2) is 19.8. The first-order chi connectivity index (χ1) is 30.6. The highest BCUT2D eigenvalue weighted by Crippen LogP contribution is 2.40. The number of aromatic nitrogens is 1. The molecule has 1 unspecified atom stereocenters. The quantitative estimate of drug-likeness (QED) is 0.116. The Labute approximate surface area is 380 Å². The Morgan fingerprint density at radius 3 is 2.35 bits per heavy atom. The molecule has 3 heterocycles. The number of carbonyl (C=O) groups excluding carboxylic acids is 2. The van der Waals surface area contributed by atoms with E-state index in [2.05, 4.69) is 77.6 Å². The summed E-state index contributed by atoms with van der Waals surface area (Å²) < 4.78 is 17.8. The van der Waals surface area contributed by atoms with E-state index in [9.17, 15) is 9.59 Å². The fourth-order valence-electron chi connectivity index (χ4n) is 9.10. The molecule has 6 aromatic rings. The molecule has 0 saturated heterocycles. The first-order valence-electron chi connectivity index (χ1n) is 21.7. The Kier molecular flexibility index (Phi) is 13.8. The van der Waals surface area contributed by atoms with Gasteiger partial charge in [-0.25, -0.2) is 4.79 Å². The number of methoxy groups -OCH3 is 1. The Hall–Kier alpha value is -5.67. The molecule has 1 N–H and O–H groups in total. The van der Waals surface area contributed by atoms with E-state index in [1.165, 1.54) is 18.2 Å². The van der Waals surface area contributed by atoms with E-state index in [4.69, 9.17) is 37.4 Å². The Bertz CT molecular complexity index is 2570. The first-order valence-corrected chi connectivity index (χ1v) is 22.5. The number of aryl methyl sites for hydroxylation is 1. The minimum Gasteiger partial charge on any atom is -0.493 e. The van der Waals surface area contributed by atoms with Crippen LogP contribution in [0.15, 0.2) is 121 Å². The van der Waals surface area contributed by atoms with Crippen LogP contribution in [-0.2, 0) is 46.7 Å². The maximum Gasteiger partial charge on any atom is 0.328 e. The monoisotopic (exact) mass is 881 g/mol. The number of nitrogens with zero attached hydrogens (tertiary/aromatic N) is 2. The number of rotatable bonds is 13. The average molecular weight is 883 g/mol. The number of carbonyl (C=O) groups is 2. The molecule has 10 heteroatoms. The molecule has 1 aromatic heterocycles. The number of halogens is 2. The predicted molar refractivity (Wildman–Crippen MR) is 250 cm³/mol. The third-order valence-corrected chi connectivity index (χ3v) is 13.5. The van der Waals surface area contributed by atoms with Crippen LogP contribution in [-0.4, -0.2) is 47.6 Å². The van der Waals surface area contributed by atoms with Gasteiger partial charge < -0.3 is 19.5 Å². The summed E-state index contributed by atoms with van der Waals surface area (Å²) in [5, 5.41) is 4.18. The molecule has 324 valence electrons. The van der Waals surface area contributed by atoms with Crippen LogP contribution in [0.3, 0.4) is 0 Å². The normalized spacial score (nSPS) is 17.0. The van der Waals surface area contributed by atoms with Gasteiger partial charge in [0.05, 0.1) is 29.8 Å². The van der Waals surface area contributed by atoms with Gasteiger partial charge in [-0.1, -0.05) is 109 Å². The van der Waals surface area contributed by atoms with Crippen molar-refractivity contribution in [1.82, 2.24) is 15.2 Å². The smallest absolute Gasteiger partial charge is 0.328 e. The van der Waals surface area contributed by atoms with E-state index in [-0.39, 0.29) is 17.9 Å². The molecule has 0 radical (unpaired) electrons. The van der Waals surface area contributed by atoms with Gasteiger partial charge >= 0.3 is 5.97 Å². The van der Waals surface area contributed by atoms with Crippen molar-refractivity contribution in [3.63, 3.8) is 0 Å². The number of esters is 1. The van der Waals surface area contributed by atoms with Gasteiger partial charge in [-0.2, -0.15) is 0 Å². The molecule has 0 saturated carbocycles. The first kappa shape index (κ1) is 44.0. The molecule has 2 aliphatic heterocycles. The van der Waals surface area contributed by atoms with Crippen LogP contribution in [0.5, 0.6) is 11.5 Å². The average Bonchev–Trinajstić information content (AvgIpc) is 3.52. The summed E-state index contributed by atoms with van der Waals surface area (Å²) in [6, 6.07) is 37.4. The van der Waals surface area contributed by atoms with Crippen molar-refractivity contribution in [1.29, 1.82) is 0 Å². The zero-order valence-corrected chi connectivity index (χ0v) is 37.7. The molecule has 8 nitrogen and oxygen atoms in total. The molecule has 0 spiro atoms. The van der Waals surface area contributed by atoms with Gasteiger partial charge in [0.15, 0.2) is 0 Å². The van der Waals surface area contributed by atoms with E-state index in [0.29, 0.717) is 42.6 Å². The fraction of sp³-hybridized carbons (Fsp3) is 0.302. The molecule has 0 fully saturated rings. The second-order valence-electron chi connectivity index (χ2n) is 16.7. The highest BCUT2D eigenvalue weighted by molar-refractivity contribution is 6.42. The van der Waals surface area contributed by atoms with Crippen molar-refractivity contribution < 1.29 is 23.8 Å². The standard InChI is InChI=1S/C53H53Cl2N3O5/c1-5-49(39-9-7-6-8-10-39)58-31-43-28-42-27-40(37-16-18-44(19-17-37)63-32-36-13-20-46(54)47(55)25-36)22-24-62-51(42)30-41(43)29-50(58)52(59)57-48(53(60)61-4)26-35-11-14-38(15-12-35)45-21-23-56-34(3)33(45)2/h6-21,23,25,28,30,40,48-50H,5,22,24,26-27,29,31-32H2,1-4H3,(H,57,59)/t40-,48+,49?,50+/m1/s1. The van der Waals surface area contributed by atoms with Crippen LogP contribution in [0.25, 0.3) is 11.1 Å². The Morgan fingerprint density at radius 1 is 0.857 bits per heavy atom. The van der Waals surface area contributed by atoms with Gasteiger partial charge in [-0.3, -0.25) is 14.7 Å². The number of hydrogen-bond donors (Lipinski definition) is 1. The minimum atomic E-state index is -0.867. The summed E-state index contributed by atoms with van der Waals surface area (Å²) in [6.07, 6.45) is 5.09. The van der Waals surface area contributed by atoms with Gasteiger partial charge in [0, 0.05) is 30.9 Å². The summed E-state index contributed by atoms with van der Waals surface area (Å²) >= 11 is 12.3. The van der Waals surface area contributed by atoms with Crippen molar-refractivity contribution in [3.05, 3.63) is 182 Å². The third kappa shape index (κ3) is 10.1. The van der Waals surface area contributed by atoms with Crippen LogP contribution < -0.4 is 14.8 Å². The zero-order chi connectivity index (χ0) is 44.0. The highest BCUT2D eigenvalue weighted by atomic mass is 35.5. The van der Waals surface area contributed by atoms with Crippen LogP contribution in [0.2, 0.25) is 10.0 Å². The molecule has 4 atom stereocenters. The molecule has 8 rings (SSSR count). The maximum absolute atomic E-state index is 14.7. The lowest BCUT2D eigenvalue weighted by molar-refractivity contribution is -0.146. The van der Waals surface area contributed by atoms with Gasteiger partial charge in [-0.15, -0.1) is 0 Å². The van der Waals surface area contributed by atoms with Crippen LogP contribution in [0.4, 0.5) is 0 Å². The Balaban J connectivity index is 1.02. The molecule has 2 aliphatic rings. The van der Waals surface area contributed by atoms with Crippen molar-refractivity contribution in [2.45, 2.75) is 90.1 Å². The largest absolute Gasteiger partial charge is 0.493 e. The summed E-state index contributed by atoms with van der Waals surface area (Å²) in [7, 11) is 1.37. The van der Waals surface area contributed by atoms with Crippen molar-refractivity contribution in [2.75, 3.05) is 13.7 Å². The molecule has 5 aromatic carbocycles. The lowest BCUT2D eigenvalue weighted by Crippen LogP contribution is -2.55. The molecule has 0 bridgehead atoms. The number of pyridine rings is 1. The third-order valence-electron chi connectivity index (χ3n) is 12.7. The molecular formula is C53H53Cl2N3O5. The summed E-state index contributed by atoms with van der Waals surface area (Å²) in [4.78, 5) is 34.8. The lowest BCUT2D eigenvalue weighted by Gasteiger charge is -2.42. The fourth-order valence-corrected chi connectivity index (χ4v) is 9.42. The van der Waals surface area contributed by atoms with Gasteiger partial charge in [0.25, 0.3) is 0 Å². The molecular weight excluding hydrogens is 830 g/mol. The van der Waals surface area contributed by atoms with E-state index in [0.717, 1.165) is 81.0 Å². The lowest BCUT2D eigenvalue weighted by atomic mass is 9.85. The summed E-state index contributed by atoms with van der Waals surface area (Å²) in [5.74, 6) is 1.23. The number of ether oxygens (including phenoxy) is 3. The number of amides is 1. The maximum atomic E-state index is 14.7. The predicted octanol–water partition coefficient (Wildman–Crippen LogP) is 11.1. The number of hydrogen-bond acceptors (Lipinski definition) is 7. The van der Waals surface area contributed by atoms with Crippen LogP contribution in [0, 0.1) is 13.8 Å². The van der Waals surface area contributed by atoms with E-state index in [1.54, 1.807) is 6.07 Å². The van der Waals surface area contributed by atoms with E-state index in [1.807, 2.05) is 73.8 Å². The number of nitrogens with one attached hydrogen (secondary N) is 1. The van der Waals surface area contributed by atoms with Crippen LogP contribution >= 0.6 is 23.2 Å². The van der Waals surface area contributed by atoms with Gasteiger partial charge in [-0.05, 0) is 137 Å². The van der Waals surface area contributed by atoms with E-state index < -0.39 is 18.1 Å². The summed E-state index contributed by atoms with van der Waals surface area (Å²) in [6.45, 7) is 7.78.